The van der Waals surface area contributed by atoms with E-state index >= 15 is 8.78 Å². The Kier molecular flexibility index (Phi) is 5.25. The van der Waals surface area contributed by atoms with Crippen LogP contribution in [0.2, 0.25) is 0 Å². The number of hydrogen-bond acceptors (Lipinski definition) is 10. The molecule has 0 spiro atoms. The molecule has 3 aromatic rings. The van der Waals surface area contributed by atoms with Crippen LogP contribution in [0.15, 0.2) is 36.9 Å². The van der Waals surface area contributed by atoms with Crippen molar-refractivity contribution in [2.45, 2.75) is 43.3 Å². The monoisotopic (exact) mass is 543 g/mol. The highest BCUT2D eigenvalue weighted by atomic mass is 19.3. The lowest BCUT2D eigenvalue weighted by molar-refractivity contribution is -0.122. The Morgan fingerprint density at radius 3 is 2.38 bits per heavy atom. The molecule has 2 aliphatic heterocycles. The number of fused-ring (bicyclic) bond motifs is 3. The SMILES string of the molecule is CN(C[C@H]1O[C@@H](n2cnc3c(N)ncnc32)[C@@]2(O)C(C)(C)[C@@]12O)CC(F)(F)CN1C(=O)c2ccccc2C1=O. The number of nitrogens with zero attached hydrogens (tertiary/aromatic N) is 6. The second-order valence-corrected chi connectivity index (χ2v) is 11.0. The van der Waals surface area contributed by atoms with Crippen LogP contribution in [0.1, 0.15) is 40.8 Å². The van der Waals surface area contributed by atoms with Crippen molar-refractivity contribution < 1.29 is 33.3 Å². The standard InChI is InChI=1S/C25H27F2N7O5/c1-22(2)24(37)15(39-21(25(22,24)38)34-12-31-16-17(28)29-11-30-18(16)34)8-32(3)9-23(26,27)10-33-19(35)13-6-4-5-7-14(13)20(33)36/h4-7,11-12,15,21,37-38H,8-10H2,1-3H3,(H2,28,29,30)/t15-,21-,24+,25-/m1/s1. The Morgan fingerprint density at radius 1 is 1.10 bits per heavy atom. The first-order valence-electron chi connectivity index (χ1n) is 12.3. The maximum atomic E-state index is 15.1. The molecule has 39 heavy (non-hydrogen) atoms. The summed E-state index contributed by atoms with van der Waals surface area (Å²) in [6, 6.07) is 5.98. The number of rotatable bonds is 7. The molecular formula is C25H27F2N7O5. The lowest BCUT2D eigenvalue weighted by atomic mass is 10.0. The van der Waals surface area contributed by atoms with Gasteiger partial charge in [0.15, 0.2) is 17.7 Å². The number of hydrogen-bond donors (Lipinski definition) is 3. The maximum absolute atomic E-state index is 15.1. The highest BCUT2D eigenvalue weighted by molar-refractivity contribution is 6.21. The number of carbonyl (C=O) groups is 2. The summed E-state index contributed by atoms with van der Waals surface area (Å²) in [4.78, 5) is 39.2. The highest BCUT2D eigenvalue weighted by Gasteiger charge is 2.92. The first-order chi connectivity index (χ1) is 18.2. The summed E-state index contributed by atoms with van der Waals surface area (Å²) in [5.41, 5.74) is 2.02. The number of anilines is 1. The number of amides is 2. The van der Waals surface area contributed by atoms with Crippen LogP contribution in [0, 0.1) is 5.41 Å². The second kappa shape index (κ2) is 7.97. The van der Waals surface area contributed by atoms with E-state index in [2.05, 4.69) is 15.0 Å². The summed E-state index contributed by atoms with van der Waals surface area (Å²) < 4.78 is 37.8. The molecule has 2 amide bonds. The van der Waals surface area contributed by atoms with Gasteiger partial charge in [0.25, 0.3) is 17.7 Å². The predicted octanol–water partition coefficient (Wildman–Crippen LogP) is 0.671. The van der Waals surface area contributed by atoms with Gasteiger partial charge in [-0.15, -0.1) is 0 Å². The van der Waals surface area contributed by atoms with Crippen molar-refractivity contribution in [2.75, 3.05) is 32.4 Å². The minimum absolute atomic E-state index is 0.0913. The van der Waals surface area contributed by atoms with Crippen LogP contribution in [-0.4, -0.2) is 101 Å². The summed E-state index contributed by atoms with van der Waals surface area (Å²) in [6.45, 7) is 1.21. The Balaban J connectivity index is 1.20. The number of ether oxygens (including phenoxy) is 1. The van der Waals surface area contributed by atoms with E-state index in [1.807, 2.05) is 0 Å². The van der Waals surface area contributed by atoms with Crippen LogP contribution in [0.4, 0.5) is 14.6 Å². The Hall–Kier alpha value is -3.59. The van der Waals surface area contributed by atoms with Gasteiger partial charge in [-0.1, -0.05) is 26.0 Å². The first-order valence-corrected chi connectivity index (χ1v) is 12.3. The average molecular weight is 544 g/mol. The average Bonchev–Trinajstić information content (AvgIpc) is 3.30. The lowest BCUT2D eigenvalue weighted by Crippen LogP contribution is -2.49. The molecule has 0 radical (unpaired) electrons. The molecule has 12 nitrogen and oxygen atoms in total. The quantitative estimate of drug-likeness (QED) is 0.362. The summed E-state index contributed by atoms with van der Waals surface area (Å²) in [5, 5.41) is 23.2. The fourth-order valence-corrected chi connectivity index (χ4v) is 6.28. The van der Waals surface area contributed by atoms with E-state index in [4.69, 9.17) is 10.5 Å². The number of alkyl halides is 2. The zero-order valence-electron chi connectivity index (χ0n) is 21.4. The van der Waals surface area contributed by atoms with E-state index in [1.54, 1.807) is 26.0 Å². The van der Waals surface area contributed by atoms with E-state index in [1.165, 1.54) is 41.3 Å². The van der Waals surface area contributed by atoms with Gasteiger partial charge in [0, 0.05) is 12.0 Å². The zero-order valence-corrected chi connectivity index (χ0v) is 21.4. The molecule has 1 saturated carbocycles. The van der Waals surface area contributed by atoms with Crippen LogP contribution < -0.4 is 5.73 Å². The number of carbonyl (C=O) groups excluding carboxylic acids is 2. The van der Waals surface area contributed by atoms with Crippen LogP contribution in [0.5, 0.6) is 0 Å². The minimum Gasteiger partial charge on any atom is -0.383 e. The Morgan fingerprint density at radius 2 is 1.74 bits per heavy atom. The molecule has 3 aliphatic rings. The summed E-state index contributed by atoms with van der Waals surface area (Å²) >= 11 is 0. The third-order valence-electron chi connectivity index (χ3n) is 8.43. The van der Waals surface area contributed by atoms with Crippen molar-refractivity contribution in [3.8, 4) is 0 Å². The molecule has 2 aromatic heterocycles. The molecule has 2 fully saturated rings. The number of aromatic nitrogens is 4. The maximum Gasteiger partial charge on any atom is 0.278 e. The van der Waals surface area contributed by atoms with Crippen molar-refractivity contribution in [3.05, 3.63) is 48.0 Å². The van der Waals surface area contributed by atoms with Gasteiger partial charge < -0.3 is 20.7 Å². The molecule has 4 atom stereocenters. The number of nitrogens with two attached hydrogens (primary N) is 1. The smallest absolute Gasteiger partial charge is 0.278 e. The fourth-order valence-electron chi connectivity index (χ4n) is 6.28. The third-order valence-corrected chi connectivity index (χ3v) is 8.43. The van der Waals surface area contributed by atoms with Crippen LogP contribution >= 0.6 is 0 Å². The minimum atomic E-state index is -3.47. The molecule has 0 bridgehead atoms. The first kappa shape index (κ1) is 25.7. The summed E-state index contributed by atoms with van der Waals surface area (Å²) in [5.74, 6) is -4.87. The van der Waals surface area contributed by atoms with E-state index < -0.39 is 59.8 Å². The molecule has 1 saturated heterocycles. The second-order valence-electron chi connectivity index (χ2n) is 11.0. The molecule has 4 heterocycles. The molecular weight excluding hydrogens is 516 g/mol. The fraction of sp³-hybridized carbons (Fsp3) is 0.480. The van der Waals surface area contributed by atoms with Gasteiger partial charge >= 0.3 is 0 Å². The topological polar surface area (TPSA) is 160 Å². The lowest BCUT2D eigenvalue weighted by Gasteiger charge is -2.32. The van der Waals surface area contributed by atoms with E-state index in [0.29, 0.717) is 10.4 Å². The van der Waals surface area contributed by atoms with E-state index in [9.17, 15) is 19.8 Å². The Bertz CT molecular complexity index is 1490. The highest BCUT2D eigenvalue weighted by Crippen LogP contribution is 2.75. The Labute approximate surface area is 221 Å². The number of imidazole rings is 1. The molecule has 1 aliphatic carbocycles. The molecule has 6 rings (SSSR count). The largest absolute Gasteiger partial charge is 0.383 e. The van der Waals surface area contributed by atoms with Gasteiger partial charge in [0.1, 0.15) is 29.2 Å². The summed E-state index contributed by atoms with van der Waals surface area (Å²) in [6.07, 6.45) is 0.407. The number of benzene rings is 1. The van der Waals surface area contributed by atoms with Crippen molar-refractivity contribution in [2.24, 2.45) is 5.41 Å². The van der Waals surface area contributed by atoms with Gasteiger partial charge in [-0.3, -0.25) is 24.0 Å². The van der Waals surface area contributed by atoms with Gasteiger partial charge in [0.05, 0.1) is 30.5 Å². The van der Waals surface area contributed by atoms with Gasteiger partial charge in [-0.25, -0.2) is 23.7 Å². The van der Waals surface area contributed by atoms with E-state index in [-0.39, 0.29) is 29.1 Å². The van der Waals surface area contributed by atoms with Gasteiger partial charge in [0.2, 0.25) is 0 Å². The molecule has 1 aromatic carbocycles. The summed E-state index contributed by atoms with van der Waals surface area (Å²) in [7, 11) is 1.41. The van der Waals surface area contributed by atoms with Crippen molar-refractivity contribution >= 4 is 28.8 Å². The van der Waals surface area contributed by atoms with Crippen molar-refractivity contribution in [3.63, 3.8) is 0 Å². The number of likely N-dealkylation sites (N-methyl/N-ethyl adjacent to an activating group) is 1. The normalized spacial score (nSPS) is 29.4. The number of aliphatic hydroxyl groups is 2. The number of halogens is 2. The van der Waals surface area contributed by atoms with Gasteiger partial charge in [-0.05, 0) is 19.2 Å². The third kappa shape index (κ3) is 3.25. The van der Waals surface area contributed by atoms with Crippen LogP contribution in [0.25, 0.3) is 11.2 Å². The predicted molar refractivity (Wildman–Crippen MR) is 132 cm³/mol. The number of nitrogen functional groups attached to an aromatic ring is 1. The number of imide groups is 1. The molecule has 0 unspecified atom stereocenters. The van der Waals surface area contributed by atoms with E-state index in [0.717, 1.165) is 0 Å². The van der Waals surface area contributed by atoms with Crippen LogP contribution in [-0.2, 0) is 4.74 Å². The van der Waals surface area contributed by atoms with Crippen molar-refractivity contribution in [1.29, 1.82) is 0 Å². The van der Waals surface area contributed by atoms with Crippen LogP contribution in [0.3, 0.4) is 0 Å². The van der Waals surface area contributed by atoms with Crippen molar-refractivity contribution in [1.82, 2.24) is 29.3 Å². The molecule has 14 heteroatoms. The molecule has 4 N–H and O–H groups in total. The molecule has 206 valence electrons. The van der Waals surface area contributed by atoms with Gasteiger partial charge in [-0.2, -0.15) is 0 Å². The zero-order chi connectivity index (χ0) is 28.1.